The number of hydrogen-bond acceptors (Lipinski definition) is 3. The van der Waals surface area contributed by atoms with E-state index in [1.165, 1.54) is 4.91 Å². The minimum atomic E-state index is -0.318. The molecular formula is C8H13N3OS. The Bertz CT molecular complexity index is 277. The van der Waals surface area contributed by atoms with Crippen LogP contribution < -0.4 is 5.73 Å². The maximum Gasteiger partial charge on any atom is 0.319 e. The fourth-order valence-corrected chi connectivity index (χ4v) is 2.94. The van der Waals surface area contributed by atoms with Gasteiger partial charge in [-0.1, -0.05) is 0 Å². The summed E-state index contributed by atoms with van der Waals surface area (Å²) in [5.41, 5.74) is 6.41. The van der Waals surface area contributed by atoms with Crippen LogP contribution in [0.4, 0.5) is 4.79 Å². The minimum absolute atomic E-state index is 0.318. The molecule has 72 valence electrons. The highest BCUT2D eigenvalue weighted by Gasteiger charge is 2.29. The van der Waals surface area contributed by atoms with Gasteiger partial charge in [0.2, 0.25) is 0 Å². The quantitative estimate of drug-likeness (QED) is 0.622. The lowest BCUT2D eigenvalue weighted by Crippen LogP contribution is -2.35. The van der Waals surface area contributed by atoms with E-state index in [0.29, 0.717) is 5.88 Å². The molecule has 0 aliphatic carbocycles. The van der Waals surface area contributed by atoms with Crippen LogP contribution in [0.5, 0.6) is 0 Å². The van der Waals surface area contributed by atoms with Gasteiger partial charge in [0.15, 0.2) is 0 Å². The SMILES string of the molecule is CN1CCC2=C(C1)SCN2C(N)=O. The molecule has 4 nitrogen and oxygen atoms in total. The number of nitrogens with two attached hydrogens (primary N) is 1. The summed E-state index contributed by atoms with van der Waals surface area (Å²) in [5, 5.41) is 0. The summed E-state index contributed by atoms with van der Waals surface area (Å²) in [6.07, 6.45) is 0.946. The molecule has 2 aliphatic rings. The van der Waals surface area contributed by atoms with Crippen LogP contribution in [-0.4, -0.2) is 41.8 Å². The number of primary amides is 1. The Labute approximate surface area is 81.7 Å². The van der Waals surface area contributed by atoms with Gasteiger partial charge in [-0.3, -0.25) is 4.90 Å². The van der Waals surface area contributed by atoms with E-state index in [-0.39, 0.29) is 6.03 Å². The summed E-state index contributed by atoms with van der Waals surface area (Å²) in [6.45, 7) is 1.98. The van der Waals surface area contributed by atoms with E-state index in [4.69, 9.17) is 5.73 Å². The van der Waals surface area contributed by atoms with Crippen LogP contribution in [0.15, 0.2) is 10.6 Å². The van der Waals surface area contributed by atoms with Crippen LogP contribution >= 0.6 is 11.8 Å². The number of rotatable bonds is 0. The van der Waals surface area contributed by atoms with Crippen molar-refractivity contribution in [2.75, 3.05) is 26.0 Å². The van der Waals surface area contributed by atoms with Crippen molar-refractivity contribution in [1.82, 2.24) is 9.80 Å². The zero-order chi connectivity index (χ0) is 9.42. The number of thioether (sulfide) groups is 1. The van der Waals surface area contributed by atoms with Crippen molar-refractivity contribution in [3.8, 4) is 0 Å². The molecule has 0 aromatic heterocycles. The molecule has 0 bridgehead atoms. The second-order valence-corrected chi connectivity index (χ2v) is 4.44. The predicted octanol–water partition coefficient (Wildman–Crippen LogP) is 0.619. The first-order valence-electron chi connectivity index (χ1n) is 4.29. The number of carbonyl (C=O) groups is 1. The van der Waals surface area contributed by atoms with E-state index in [1.807, 2.05) is 0 Å². The third kappa shape index (κ3) is 1.53. The fraction of sp³-hybridized carbons (Fsp3) is 0.625. The molecule has 5 heteroatoms. The maximum absolute atomic E-state index is 11.0. The first-order valence-corrected chi connectivity index (χ1v) is 5.27. The first kappa shape index (κ1) is 8.90. The number of carbonyl (C=O) groups excluding carboxylic acids is 1. The third-order valence-corrected chi connectivity index (χ3v) is 3.53. The van der Waals surface area contributed by atoms with Gasteiger partial charge < -0.3 is 10.6 Å². The van der Waals surface area contributed by atoms with Crippen LogP contribution in [0.2, 0.25) is 0 Å². The van der Waals surface area contributed by atoms with Crippen LogP contribution in [0.3, 0.4) is 0 Å². The molecule has 0 saturated heterocycles. The number of urea groups is 1. The molecule has 0 aromatic carbocycles. The highest BCUT2D eigenvalue weighted by atomic mass is 32.2. The summed E-state index contributed by atoms with van der Waals surface area (Å²) >= 11 is 1.73. The topological polar surface area (TPSA) is 49.6 Å². The van der Waals surface area contributed by atoms with Gasteiger partial charge in [-0.25, -0.2) is 4.79 Å². The summed E-state index contributed by atoms with van der Waals surface area (Å²) in [4.78, 5) is 16.3. The molecule has 2 N–H and O–H groups in total. The molecule has 2 amide bonds. The molecule has 0 saturated carbocycles. The van der Waals surface area contributed by atoms with Crippen LogP contribution in [0.25, 0.3) is 0 Å². The fourth-order valence-electron chi connectivity index (χ4n) is 1.68. The number of amides is 2. The van der Waals surface area contributed by atoms with E-state index in [0.717, 1.165) is 25.2 Å². The van der Waals surface area contributed by atoms with Crippen molar-refractivity contribution in [3.05, 3.63) is 10.6 Å². The van der Waals surface area contributed by atoms with Gasteiger partial charge >= 0.3 is 6.03 Å². The largest absolute Gasteiger partial charge is 0.351 e. The second kappa shape index (κ2) is 3.23. The zero-order valence-electron chi connectivity index (χ0n) is 7.62. The molecule has 2 heterocycles. The highest BCUT2D eigenvalue weighted by Crippen LogP contribution is 2.36. The number of hydrogen-bond donors (Lipinski definition) is 1. The number of nitrogens with zero attached hydrogens (tertiary/aromatic N) is 2. The van der Waals surface area contributed by atoms with Crippen LogP contribution in [0.1, 0.15) is 6.42 Å². The first-order chi connectivity index (χ1) is 6.18. The van der Waals surface area contributed by atoms with Gasteiger partial charge in [-0.05, 0) is 7.05 Å². The lowest BCUT2D eigenvalue weighted by Gasteiger charge is -2.25. The molecule has 0 radical (unpaired) electrons. The van der Waals surface area contributed by atoms with Gasteiger partial charge in [0.25, 0.3) is 0 Å². The van der Waals surface area contributed by atoms with Gasteiger partial charge in [0.1, 0.15) is 0 Å². The molecule has 0 atom stereocenters. The molecule has 0 fully saturated rings. The molecular weight excluding hydrogens is 186 g/mol. The Morgan fingerprint density at radius 3 is 3.08 bits per heavy atom. The Morgan fingerprint density at radius 1 is 1.62 bits per heavy atom. The Morgan fingerprint density at radius 2 is 2.38 bits per heavy atom. The average Bonchev–Trinajstić information content (AvgIpc) is 2.46. The average molecular weight is 199 g/mol. The lowest BCUT2D eigenvalue weighted by atomic mass is 10.2. The summed E-state index contributed by atoms with van der Waals surface area (Å²) < 4.78 is 0. The van der Waals surface area contributed by atoms with Crippen LogP contribution in [0, 0.1) is 0 Å². The maximum atomic E-state index is 11.0. The van der Waals surface area contributed by atoms with Crippen molar-refractivity contribution < 1.29 is 4.79 Å². The monoisotopic (exact) mass is 199 g/mol. The summed E-state index contributed by atoms with van der Waals surface area (Å²) in [5.74, 6) is 0.702. The van der Waals surface area contributed by atoms with Crippen molar-refractivity contribution in [2.24, 2.45) is 5.73 Å². The smallest absolute Gasteiger partial charge is 0.319 e. The zero-order valence-corrected chi connectivity index (χ0v) is 8.43. The van der Waals surface area contributed by atoms with Crippen molar-refractivity contribution in [2.45, 2.75) is 6.42 Å². The minimum Gasteiger partial charge on any atom is -0.351 e. The van der Waals surface area contributed by atoms with Gasteiger partial charge in [-0.15, -0.1) is 11.8 Å². The van der Waals surface area contributed by atoms with Gasteiger partial charge in [0, 0.05) is 30.1 Å². The normalized spacial score (nSPS) is 23.6. The Hall–Kier alpha value is -0.680. The van der Waals surface area contributed by atoms with Gasteiger partial charge in [-0.2, -0.15) is 0 Å². The summed E-state index contributed by atoms with van der Waals surface area (Å²) in [6, 6.07) is -0.318. The summed E-state index contributed by atoms with van der Waals surface area (Å²) in [7, 11) is 2.09. The van der Waals surface area contributed by atoms with Crippen molar-refractivity contribution in [3.63, 3.8) is 0 Å². The second-order valence-electron chi connectivity index (χ2n) is 3.40. The van der Waals surface area contributed by atoms with E-state index in [2.05, 4.69) is 11.9 Å². The number of likely N-dealkylation sites (N-methyl/N-ethyl adjacent to an activating group) is 1. The van der Waals surface area contributed by atoms with E-state index >= 15 is 0 Å². The van der Waals surface area contributed by atoms with E-state index in [1.54, 1.807) is 16.7 Å². The Kier molecular flexibility index (Phi) is 2.21. The van der Waals surface area contributed by atoms with Crippen LogP contribution in [-0.2, 0) is 0 Å². The van der Waals surface area contributed by atoms with Crippen molar-refractivity contribution in [1.29, 1.82) is 0 Å². The van der Waals surface area contributed by atoms with Crippen molar-refractivity contribution >= 4 is 17.8 Å². The molecule has 0 spiro atoms. The standard InChI is InChI=1S/C8H13N3OS/c1-10-3-2-6-7(4-10)13-5-11(6)8(9)12/h2-5H2,1H3,(H2,9,12). The molecule has 0 unspecified atom stereocenters. The predicted molar refractivity (Wildman–Crippen MR) is 53.0 cm³/mol. The van der Waals surface area contributed by atoms with E-state index < -0.39 is 0 Å². The molecule has 2 aliphatic heterocycles. The molecule has 13 heavy (non-hydrogen) atoms. The van der Waals surface area contributed by atoms with Gasteiger partial charge in [0.05, 0.1) is 5.88 Å². The highest BCUT2D eigenvalue weighted by molar-refractivity contribution is 8.03. The molecule has 2 rings (SSSR count). The Balaban J connectivity index is 2.19. The van der Waals surface area contributed by atoms with E-state index in [9.17, 15) is 4.79 Å². The third-order valence-electron chi connectivity index (χ3n) is 2.43. The molecule has 0 aromatic rings. The lowest BCUT2D eigenvalue weighted by molar-refractivity contribution is 0.223.